The Morgan fingerprint density at radius 2 is 1.18 bits per heavy atom. The van der Waals surface area contributed by atoms with Gasteiger partial charge in [0.25, 0.3) is 0 Å². The minimum Gasteiger partial charge on any atom is -0.481 e. The Balaban J connectivity index is 2.67. The molecule has 28 heavy (non-hydrogen) atoms. The van der Waals surface area contributed by atoms with Gasteiger partial charge in [0.15, 0.2) is 7.14 Å². The number of hydrogen-bond donors (Lipinski definition) is 2. The number of nitrogens with zero attached hydrogens (tertiary/aromatic N) is 2. The summed E-state index contributed by atoms with van der Waals surface area (Å²) in [6, 6.07) is 13.5. The van der Waals surface area contributed by atoms with E-state index in [-0.39, 0.29) is 0 Å². The molecule has 0 saturated heterocycles. The molecule has 0 aromatic heterocycles. The van der Waals surface area contributed by atoms with Gasteiger partial charge in [-0.05, 0) is 48.5 Å². The van der Waals surface area contributed by atoms with E-state index < -0.39 is 31.2 Å². The Morgan fingerprint density at radius 1 is 0.821 bits per heavy atom. The topological polar surface area (TPSA) is 98.2 Å². The summed E-state index contributed by atoms with van der Waals surface area (Å²) in [5.74, 6) is -2.69. The third kappa shape index (κ3) is 4.37. The molecule has 0 spiro atoms. The quantitative estimate of drug-likeness (QED) is 0.650. The van der Waals surface area contributed by atoms with Crippen LogP contribution in [0.3, 0.4) is 0 Å². The number of aliphatic carboxylic acids is 2. The largest absolute Gasteiger partial charge is 0.481 e. The van der Waals surface area contributed by atoms with Crippen molar-refractivity contribution in [2.45, 2.75) is 12.1 Å². The highest BCUT2D eigenvalue weighted by Gasteiger charge is 2.43. The van der Waals surface area contributed by atoms with Gasteiger partial charge < -0.3 is 24.6 Å². The second-order valence-electron chi connectivity index (χ2n) is 6.93. The molecule has 0 aliphatic rings. The average molecular weight is 404 g/mol. The summed E-state index contributed by atoms with van der Waals surface area (Å²) >= 11 is 0. The lowest BCUT2D eigenvalue weighted by atomic mass is 10.3. The highest BCUT2D eigenvalue weighted by atomic mass is 31.2. The Kier molecular flexibility index (Phi) is 6.52. The van der Waals surface area contributed by atoms with Gasteiger partial charge >= 0.3 is 11.9 Å². The summed E-state index contributed by atoms with van der Waals surface area (Å²) < 4.78 is 14.2. The van der Waals surface area contributed by atoms with E-state index in [2.05, 4.69) is 0 Å². The number of benzene rings is 2. The highest BCUT2D eigenvalue weighted by molar-refractivity contribution is 7.80. The molecule has 2 N–H and O–H groups in total. The average Bonchev–Trinajstić information content (AvgIpc) is 2.65. The molecule has 0 bridgehead atoms. The zero-order valence-corrected chi connectivity index (χ0v) is 17.3. The fourth-order valence-electron chi connectivity index (χ4n) is 2.99. The summed E-state index contributed by atoms with van der Waals surface area (Å²) in [5.41, 5.74) is 0.173. The van der Waals surface area contributed by atoms with E-state index in [1.54, 1.807) is 48.5 Å². The number of carboxylic acid groups (broad SMARTS) is 2. The monoisotopic (exact) mass is 404 g/mol. The lowest BCUT2D eigenvalue weighted by Gasteiger charge is -2.26. The van der Waals surface area contributed by atoms with Crippen molar-refractivity contribution in [1.29, 1.82) is 0 Å². The van der Waals surface area contributed by atoms with Crippen LogP contribution in [-0.2, 0) is 14.2 Å². The molecule has 0 amide bonds. The van der Waals surface area contributed by atoms with E-state index in [1.807, 2.05) is 38.0 Å². The summed E-state index contributed by atoms with van der Waals surface area (Å²) in [7, 11) is 3.68. The van der Waals surface area contributed by atoms with Crippen LogP contribution in [-0.4, -0.2) is 56.0 Å². The molecule has 0 saturated carbocycles. The SMILES string of the molecule is CN(C)c1ccc(P(=O)(c2ccc(N(C)C)cc2)C(CC(=O)O)C(=O)O)cc1. The number of carbonyl (C=O) groups is 2. The molecule has 8 heteroatoms. The third-order valence-corrected chi connectivity index (χ3v) is 8.00. The summed E-state index contributed by atoms with van der Waals surface area (Å²) in [5, 5.41) is 19.6. The summed E-state index contributed by atoms with van der Waals surface area (Å²) in [6.07, 6.45) is -0.725. The third-order valence-electron chi connectivity index (χ3n) is 4.59. The second-order valence-corrected chi connectivity index (χ2v) is 9.90. The van der Waals surface area contributed by atoms with Crippen LogP contribution >= 0.6 is 7.14 Å². The van der Waals surface area contributed by atoms with Crippen LogP contribution < -0.4 is 20.4 Å². The maximum Gasteiger partial charge on any atom is 0.315 e. The van der Waals surface area contributed by atoms with Gasteiger partial charge in [0.1, 0.15) is 5.66 Å². The number of carboxylic acids is 2. The zero-order chi connectivity index (χ0) is 21.1. The molecular weight excluding hydrogens is 379 g/mol. The normalized spacial score (nSPS) is 12.3. The van der Waals surface area contributed by atoms with Crippen LogP contribution in [0.15, 0.2) is 48.5 Å². The van der Waals surface area contributed by atoms with Crippen molar-refractivity contribution < 1.29 is 24.4 Å². The molecule has 7 nitrogen and oxygen atoms in total. The van der Waals surface area contributed by atoms with Crippen LogP contribution in [0.4, 0.5) is 11.4 Å². The zero-order valence-electron chi connectivity index (χ0n) is 16.4. The first-order valence-corrected chi connectivity index (χ1v) is 10.4. The van der Waals surface area contributed by atoms with Gasteiger partial charge in [-0.2, -0.15) is 0 Å². The van der Waals surface area contributed by atoms with Gasteiger partial charge in [0.05, 0.1) is 6.42 Å². The molecule has 0 fully saturated rings. The molecular formula is C20H25N2O5P. The maximum absolute atomic E-state index is 14.2. The van der Waals surface area contributed by atoms with E-state index in [0.717, 1.165) is 11.4 Å². The van der Waals surface area contributed by atoms with Gasteiger partial charge in [-0.15, -0.1) is 0 Å². The first kappa shape index (κ1) is 21.5. The minimum absolute atomic E-state index is 0.323. The van der Waals surface area contributed by atoms with Crippen LogP contribution in [0.1, 0.15) is 6.42 Å². The molecule has 0 heterocycles. The Labute approximate surface area is 164 Å². The molecule has 2 rings (SSSR count). The minimum atomic E-state index is -3.76. The van der Waals surface area contributed by atoms with E-state index in [9.17, 15) is 24.4 Å². The lowest BCUT2D eigenvalue weighted by Crippen LogP contribution is -2.33. The van der Waals surface area contributed by atoms with E-state index >= 15 is 0 Å². The van der Waals surface area contributed by atoms with E-state index in [0.29, 0.717) is 10.6 Å². The molecule has 2 aromatic rings. The second kappa shape index (κ2) is 8.48. The molecule has 2 aromatic carbocycles. The van der Waals surface area contributed by atoms with Crippen molar-refractivity contribution in [1.82, 2.24) is 0 Å². The van der Waals surface area contributed by atoms with E-state index in [1.165, 1.54) is 0 Å². The van der Waals surface area contributed by atoms with Crippen LogP contribution in [0.5, 0.6) is 0 Å². The van der Waals surface area contributed by atoms with Crippen molar-refractivity contribution >= 4 is 41.1 Å². The van der Waals surface area contributed by atoms with Gasteiger partial charge in [-0.25, -0.2) is 0 Å². The predicted molar refractivity (Wildman–Crippen MR) is 112 cm³/mol. The molecule has 1 atom stereocenters. The highest BCUT2D eigenvalue weighted by Crippen LogP contribution is 2.50. The first-order valence-electron chi connectivity index (χ1n) is 8.67. The molecule has 0 aliphatic heterocycles. The number of hydrogen-bond acceptors (Lipinski definition) is 5. The van der Waals surface area contributed by atoms with Crippen LogP contribution in [0.2, 0.25) is 0 Å². The van der Waals surface area contributed by atoms with E-state index in [4.69, 9.17) is 0 Å². The van der Waals surface area contributed by atoms with Gasteiger partial charge in [-0.1, -0.05) is 0 Å². The standard InChI is InChI=1S/C20H25N2O5P/c1-21(2)14-5-9-16(10-6-14)28(27,18(20(25)26)13-19(23)24)17-11-7-15(8-12-17)22(3)4/h5-12,18H,13H2,1-4H3,(H,23,24)(H,25,26). The van der Waals surface area contributed by atoms with Crippen molar-refractivity contribution in [3.63, 3.8) is 0 Å². The summed E-state index contributed by atoms with van der Waals surface area (Å²) in [4.78, 5) is 27.0. The van der Waals surface area contributed by atoms with Crippen molar-refractivity contribution in [3.8, 4) is 0 Å². The first-order chi connectivity index (χ1) is 13.1. The van der Waals surface area contributed by atoms with Crippen molar-refractivity contribution in [3.05, 3.63) is 48.5 Å². The smallest absolute Gasteiger partial charge is 0.315 e. The lowest BCUT2D eigenvalue weighted by molar-refractivity contribution is -0.143. The molecule has 0 radical (unpaired) electrons. The Morgan fingerprint density at radius 3 is 1.43 bits per heavy atom. The number of rotatable bonds is 8. The number of anilines is 2. The van der Waals surface area contributed by atoms with Crippen LogP contribution in [0, 0.1) is 0 Å². The van der Waals surface area contributed by atoms with Gasteiger partial charge in [0, 0.05) is 50.2 Å². The van der Waals surface area contributed by atoms with Crippen molar-refractivity contribution in [2.75, 3.05) is 38.0 Å². The fourth-order valence-corrected chi connectivity index (χ4v) is 5.92. The molecule has 150 valence electrons. The van der Waals surface area contributed by atoms with Crippen molar-refractivity contribution in [2.24, 2.45) is 0 Å². The Bertz CT molecular complexity index is 836. The Hall–Kier alpha value is -2.79. The predicted octanol–water partition coefficient (Wildman–Crippen LogP) is 2.06. The molecule has 1 unspecified atom stereocenters. The van der Waals surface area contributed by atoms with Crippen LogP contribution in [0.25, 0.3) is 0 Å². The summed E-state index contributed by atoms with van der Waals surface area (Å²) in [6.45, 7) is 0. The maximum atomic E-state index is 14.2. The van der Waals surface area contributed by atoms with Gasteiger partial charge in [0.2, 0.25) is 0 Å². The molecule has 0 aliphatic carbocycles. The van der Waals surface area contributed by atoms with Gasteiger partial charge in [-0.3, -0.25) is 9.59 Å². The fraction of sp³-hybridized carbons (Fsp3) is 0.300.